The van der Waals surface area contributed by atoms with Gasteiger partial charge in [0.1, 0.15) is 5.78 Å². The van der Waals surface area contributed by atoms with E-state index < -0.39 is 0 Å². The maximum atomic E-state index is 12.1. The summed E-state index contributed by atoms with van der Waals surface area (Å²) in [6.45, 7) is 5.38. The highest BCUT2D eigenvalue weighted by Gasteiger charge is 2.21. The van der Waals surface area contributed by atoms with Crippen LogP contribution in [0.4, 0.5) is 0 Å². The molecule has 1 aliphatic heterocycles. The Morgan fingerprint density at radius 3 is 2.95 bits per heavy atom. The van der Waals surface area contributed by atoms with Crippen LogP contribution in [0.5, 0.6) is 0 Å². The highest BCUT2D eigenvalue weighted by Crippen LogP contribution is 2.22. The van der Waals surface area contributed by atoms with Gasteiger partial charge in [-0.05, 0) is 33.1 Å². The van der Waals surface area contributed by atoms with Crippen LogP contribution < -0.4 is 0 Å². The van der Waals surface area contributed by atoms with Crippen LogP contribution in [0.2, 0.25) is 5.02 Å². The van der Waals surface area contributed by atoms with Crippen molar-refractivity contribution in [3.05, 3.63) is 16.4 Å². The molecule has 0 radical (unpaired) electrons. The molecule has 5 heteroatoms. The average Bonchev–Trinajstić information content (AvgIpc) is 2.67. The van der Waals surface area contributed by atoms with Crippen molar-refractivity contribution in [1.82, 2.24) is 9.78 Å². The fourth-order valence-corrected chi connectivity index (χ4v) is 2.72. The molecule has 1 aliphatic rings. The summed E-state index contributed by atoms with van der Waals surface area (Å²) >= 11 is 6.21. The molecule has 1 aromatic rings. The van der Waals surface area contributed by atoms with E-state index in [4.69, 9.17) is 16.3 Å². The van der Waals surface area contributed by atoms with Crippen LogP contribution in [0, 0.1) is 6.92 Å². The van der Waals surface area contributed by atoms with Gasteiger partial charge in [0, 0.05) is 26.0 Å². The third kappa shape index (κ3) is 3.57. The van der Waals surface area contributed by atoms with Crippen LogP contribution in [0.25, 0.3) is 0 Å². The predicted molar refractivity (Wildman–Crippen MR) is 74.6 cm³/mol. The van der Waals surface area contributed by atoms with Gasteiger partial charge in [0.05, 0.1) is 22.5 Å². The second kappa shape index (κ2) is 6.53. The van der Waals surface area contributed by atoms with Gasteiger partial charge < -0.3 is 4.74 Å². The summed E-state index contributed by atoms with van der Waals surface area (Å²) in [6, 6.07) is 0. The van der Waals surface area contributed by atoms with E-state index in [1.165, 1.54) is 0 Å². The SMILES string of the molecule is CCn1nc(C)c(Cl)c1CC(=O)CC1CCCCO1. The van der Waals surface area contributed by atoms with Crippen LogP contribution >= 0.6 is 11.6 Å². The molecule has 1 aromatic heterocycles. The van der Waals surface area contributed by atoms with Gasteiger partial charge in [-0.2, -0.15) is 5.10 Å². The molecule has 0 N–H and O–H groups in total. The van der Waals surface area contributed by atoms with E-state index in [0.717, 1.165) is 43.8 Å². The molecular weight excluding hydrogens is 264 g/mol. The maximum Gasteiger partial charge on any atom is 0.141 e. The zero-order chi connectivity index (χ0) is 13.8. The number of aryl methyl sites for hydroxylation is 2. The molecule has 2 heterocycles. The van der Waals surface area contributed by atoms with E-state index in [-0.39, 0.29) is 11.9 Å². The molecule has 1 atom stereocenters. The summed E-state index contributed by atoms with van der Waals surface area (Å²) in [4.78, 5) is 12.1. The monoisotopic (exact) mass is 284 g/mol. The molecule has 0 amide bonds. The third-order valence-electron chi connectivity index (χ3n) is 3.55. The minimum absolute atomic E-state index is 0.0964. The molecule has 1 saturated heterocycles. The Morgan fingerprint density at radius 1 is 1.53 bits per heavy atom. The third-order valence-corrected chi connectivity index (χ3v) is 4.04. The highest BCUT2D eigenvalue weighted by molar-refractivity contribution is 6.32. The summed E-state index contributed by atoms with van der Waals surface area (Å²) < 4.78 is 7.42. The topological polar surface area (TPSA) is 44.1 Å². The maximum absolute atomic E-state index is 12.1. The Hall–Kier alpha value is -0.870. The van der Waals surface area contributed by atoms with Crippen LogP contribution in [0.15, 0.2) is 0 Å². The summed E-state index contributed by atoms with van der Waals surface area (Å²) in [5.41, 5.74) is 1.63. The largest absolute Gasteiger partial charge is 0.378 e. The zero-order valence-corrected chi connectivity index (χ0v) is 12.4. The highest BCUT2D eigenvalue weighted by atomic mass is 35.5. The molecule has 4 nitrogen and oxygen atoms in total. The van der Waals surface area contributed by atoms with Gasteiger partial charge in [0.25, 0.3) is 0 Å². The minimum atomic E-state index is 0.0964. The lowest BCUT2D eigenvalue weighted by Crippen LogP contribution is -2.23. The summed E-state index contributed by atoms with van der Waals surface area (Å²) in [5.74, 6) is 0.184. The van der Waals surface area contributed by atoms with Crippen molar-refractivity contribution in [2.75, 3.05) is 6.61 Å². The van der Waals surface area contributed by atoms with Crippen molar-refractivity contribution in [2.45, 2.75) is 58.6 Å². The molecule has 1 fully saturated rings. The second-order valence-electron chi connectivity index (χ2n) is 5.07. The summed E-state index contributed by atoms with van der Waals surface area (Å²) in [6.07, 6.45) is 4.20. The Labute approximate surface area is 119 Å². The van der Waals surface area contributed by atoms with Crippen molar-refractivity contribution in [1.29, 1.82) is 0 Å². The first-order valence-corrected chi connectivity index (χ1v) is 7.34. The number of ketones is 1. The number of aromatic nitrogens is 2. The van der Waals surface area contributed by atoms with E-state index >= 15 is 0 Å². The number of nitrogens with zero attached hydrogens (tertiary/aromatic N) is 2. The van der Waals surface area contributed by atoms with Crippen molar-refractivity contribution < 1.29 is 9.53 Å². The fourth-order valence-electron chi connectivity index (χ4n) is 2.52. The van der Waals surface area contributed by atoms with E-state index in [0.29, 0.717) is 17.9 Å². The number of halogens is 1. The van der Waals surface area contributed by atoms with Crippen molar-refractivity contribution in [3.8, 4) is 0 Å². The smallest absolute Gasteiger partial charge is 0.141 e. The Kier molecular flexibility index (Phi) is 4.99. The second-order valence-corrected chi connectivity index (χ2v) is 5.45. The molecule has 106 valence electrons. The van der Waals surface area contributed by atoms with Crippen LogP contribution in [0.1, 0.15) is 44.0 Å². The molecular formula is C14H21ClN2O2. The van der Waals surface area contributed by atoms with Gasteiger partial charge in [-0.25, -0.2) is 0 Å². The molecule has 2 rings (SSSR count). The molecule has 0 aromatic carbocycles. The number of Topliss-reactive ketones (excluding diaryl/α,β-unsaturated/α-hetero) is 1. The normalized spacial score (nSPS) is 19.6. The number of carbonyl (C=O) groups excluding carboxylic acids is 1. The standard InChI is InChI=1S/C14H21ClN2O2/c1-3-17-13(14(15)10(2)16-17)9-11(18)8-12-6-4-5-7-19-12/h12H,3-9H2,1-2H3. The number of carbonyl (C=O) groups is 1. The van der Waals surface area contributed by atoms with E-state index in [1.807, 2.05) is 18.5 Å². The van der Waals surface area contributed by atoms with Gasteiger partial charge in [-0.15, -0.1) is 0 Å². The molecule has 0 spiro atoms. The zero-order valence-electron chi connectivity index (χ0n) is 11.6. The van der Waals surface area contributed by atoms with Gasteiger partial charge in [-0.1, -0.05) is 11.6 Å². The van der Waals surface area contributed by atoms with Crippen LogP contribution in [-0.2, 0) is 22.5 Å². The molecule has 19 heavy (non-hydrogen) atoms. The summed E-state index contributed by atoms with van der Waals surface area (Å²) in [7, 11) is 0. The van der Waals surface area contributed by atoms with Gasteiger partial charge in [0.2, 0.25) is 0 Å². The first-order valence-electron chi connectivity index (χ1n) is 6.97. The number of hydrogen-bond donors (Lipinski definition) is 0. The predicted octanol–water partition coefficient (Wildman–Crippen LogP) is 2.94. The lowest BCUT2D eigenvalue weighted by molar-refractivity contribution is -0.122. The molecule has 0 saturated carbocycles. The Balaban J connectivity index is 1.98. The van der Waals surface area contributed by atoms with Crippen molar-refractivity contribution in [2.24, 2.45) is 0 Å². The van der Waals surface area contributed by atoms with Gasteiger partial charge >= 0.3 is 0 Å². The van der Waals surface area contributed by atoms with Crippen LogP contribution in [-0.4, -0.2) is 28.3 Å². The molecule has 0 bridgehead atoms. The van der Waals surface area contributed by atoms with Gasteiger partial charge in [-0.3, -0.25) is 9.48 Å². The minimum Gasteiger partial charge on any atom is -0.378 e. The van der Waals surface area contributed by atoms with E-state index in [2.05, 4.69) is 5.10 Å². The average molecular weight is 285 g/mol. The lowest BCUT2D eigenvalue weighted by atomic mass is 10.0. The van der Waals surface area contributed by atoms with Gasteiger partial charge in [0.15, 0.2) is 0 Å². The number of hydrogen-bond acceptors (Lipinski definition) is 3. The van der Waals surface area contributed by atoms with Crippen molar-refractivity contribution >= 4 is 17.4 Å². The van der Waals surface area contributed by atoms with Crippen molar-refractivity contribution in [3.63, 3.8) is 0 Å². The first kappa shape index (κ1) is 14.5. The Morgan fingerprint density at radius 2 is 2.32 bits per heavy atom. The lowest BCUT2D eigenvalue weighted by Gasteiger charge is -2.21. The fraction of sp³-hybridized carbons (Fsp3) is 0.714. The van der Waals surface area contributed by atoms with E-state index in [9.17, 15) is 4.79 Å². The number of ether oxygens (including phenoxy) is 1. The first-order chi connectivity index (χ1) is 9.11. The van der Waals surface area contributed by atoms with E-state index in [1.54, 1.807) is 0 Å². The Bertz CT molecular complexity index is 451. The number of rotatable bonds is 5. The molecule has 1 unspecified atom stereocenters. The quantitative estimate of drug-likeness (QED) is 0.835. The molecule has 0 aliphatic carbocycles. The van der Waals surface area contributed by atoms with Crippen LogP contribution in [0.3, 0.4) is 0 Å². The summed E-state index contributed by atoms with van der Waals surface area (Å²) in [5, 5.41) is 4.95.